The van der Waals surface area contributed by atoms with Gasteiger partial charge < -0.3 is 10.7 Å². The first-order valence-electron chi connectivity index (χ1n) is 5.40. The van der Waals surface area contributed by atoms with Crippen LogP contribution < -0.4 is 16.6 Å². The second-order valence-corrected chi connectivity index (χ2v) is 6.01. The average Bonchev–Trinajstić information content (AvgIpc) is 2.41. The van der Waals surface area contributed by atoms with Crippen molar-refractivity contribution < 1.29 is 4.79 Å². The monoisotopic (exact) mass is 418 g/mol. The predicted octanol–water partition coefficient (Wildman–Crippen LogP) is 3.80. The fraction of sp³-hybridized carbons (Fsp3) is 0. The van der Waals surface area contributed by atoms with E-state index in [4.69, 9.17) is 17.4 Å². The Morgan fingerprint density at radius 2 is 2.00 bits per heavy atom. The standard InChI is InChI=1S/C12H9Br2ClN4O/c13-6-1-2-10(9(15)4-6)18-12(20)8-3-7(14)5-17-11(8)19-16/h1-5H,16H2,(H,17,19)(H,18,20). The lowest BCUT2D eigenvalue weighted by Crippen LogP contribution is -2.18. The molecule has 0 radical (unpaired) electrons. The predicted molar refractivity (Wildman–Crippen MR) is 86.9 cm³/mol. The van der Waals surface area contributed by atoms with E-state index < -0.39 is 0 Å². The summed E-state index contributed by atoms with van der Waals surface area (Å²) < 4.78 is 1.50. The van der Waals surface area contributed by atoms with Gasteiger partial charge in [-0.1, -0.05) is 27.5 Å². The van der Waals surface area contributed by atoms with Gasteiger partial charge in [0.05, 0.1) is 16.3 Å². The van der Waals surface area contributed by atoms with E-state index in [9.17, 15) is 4.79 Å². The average molecular weight is 420 g/mol. The lowest BCUT2D eigenvalue weighted by atomic mass is 10.2. The van der Waals surface area contributed by atoms with Gasteiger partial charge in [-0.15, -0.1) is 0 Å². The van der Waals surface area contributed by atoms with Gasteiger partial charge in [-0.25, -0.2) is 10.8 Å². The van der Waals surface area contributed by atoms with Crippen LogP contribution in [0.4, 0.5) is 11.5 Å². The minimum absolute atomic E-state index is 0.277. The normalized spacial score (nSPS) is 10.2. The van der Waals surface area contributed by atoms with Crippen LogP contribution in [-0.2, 0) is 0 Å². The zero-order chi connectivity index (χ0) is 14.7. The zero-order valence-corrected chi connectivity index (χ0v) is 13.9. The summed E-state index contributed by atoms with van der Waals surface area (Å²) in [6.07, 6.45) is 1.54. The van der Waals surface area contributed by atoms with Crippen molar-refractivity contribution in [3.8, 4) is 0 Å². The van der Waals surface area contributed by atoms with Crippen molar-refractivity contribution in [2.45, 2.75) is 0 Å². The summed E-state index contributed by atoms with van der Waals surface area (Å²) in [4.78, 5) is 16.3. The molecule has 1 aromatic heterocycles. The van der Waals surface area contributed by atoms with Crippen LogP contribution in [0.25, 0.3) is 0 Å². The number of nitrogens with two attached hydrogens (primary N) is 1. The van der Waals surface area contributed by atoms with Crippen molar-refractivity contribution in [1.82, 2.24) is 4.98 Å². The fourth-order valence-corrected chi connectivity index (χ4v) is 2.56. The third-order valence-electron chi connectivity index (χ3n) is 2.42. The molecular formula is C12H9Br2ClN4O. The smallest absolute Gasteiger partial charge is 0.259 e. The van der Waals surface area contributed by atoms with Crippen LogP contribution in [0, 0.1) is 0 Å². The Balaban J connectivity index is 2.30. The van der Waals surface area contributed by atoms with Gasteiger partial charge in [0.15, 0.2) is 5.82 Å². The molecule has 0 bridgehead atoms. The summed E-state index contributed by atoms with van der Waals surface area (Å²) >= 11 is 12.6. The Morgan fingerprint density at radius 3 is 2.65 bits per heavy atom. The number of carbonyl (C=O) groups is 1. The minimum atomic E-state index is -0.365. The molecule has 5 nitrogen and oxygen atoms in total. The van der Waals surface area contributed by atoms with E-state index in [2.05, 4.69) is 47.6 Å². The SMILES string of the molecule is NNc1ncc(Br)cc1C(=O)Nc1ccc(Br)cc1Cl. The van der Waals surface area contributed by atoms with E-state index in [-0.39, 0.29) is 11.7 Å². The van der Waals surface area contributed by atoms with Crippen molar-refractivity contribution in [3.05, 3.63) is 50.0 Å². The van der Waals surface area contributed by atoms with E-state index in [0.717, 1.165) is 4.47 Å². The molecule has 0 saturated carbocycles. The number of amides is 1. The number of nitrogen functional groups attached to an aromatic ring is 1. The maximum absolute atomic E-state index is 12.2. The van der Waals surface area contributed by atoms with Crippen LogP contribution in [0.15, 0.2) is 39.4 Å². The summed E-state index contributed by atoms with van der Waals surface area (Å²) in [5.41, 5.74) is 3.19. The Morgan fingerprint density at radius 1 is 1.25 bits per heavy atom. The highest BCUT2D eigenvalue weighted by atomic mass is 79.9. The number of anilines is 2. The molecule has 2 aromatic rings. The number of hydrogen-bond donors (Lipinski definition) is 3. The van der Waals surface area contributed by atoms with Gasteiger partial charge in [-0.2, -0.15) is 0 Å². The molecule has 0 unspecified atom stereocenters. The highest BCUT2D eigenvalue weighted by Gasteiger charge is 2.14. The molecule has 20 heavy (non-hydrogen) atoms. The second-order valence-electron chi connectivity index (χ2n) is 3.77. The molecule has 1 heterocycles. The summed E-state index contributed by atoms with van der Waals surface area (Å²) in [6.45, 7) is 0. The third-order valence-corrected chi connectivity index (χ3v) is 3.65. The van der Waals surface area contributed by atoms with Gasteiger partial charge in [0.1, 0.15) is 0 Å². The van der Waals surface area contributed by atoms with Crippen molar-refractivity contribution in [2.24, 2.45) is 5.84 Å². The maximum Gasteiger partial charge on any atom is 0.259 e. The number of carbonyl (C=O) groups excluding carboxylic acids is 1. The van der Waals surface area contributed by atoms with E-state index in [1.54, 1.807) is 30.5 Å². The molecule has 0 atom stereocenters. The van der Waals surface area contributed by atoms with E-state index in [1.165, 1.54) is 0 Å². The molecule has 2 rings (SSSR count). The summed E-state index contributed by atoms with van der Waals surface area (Å²) in [5.74, 6) is 5.25. The molecule has 0 aliphatic heterocycles. The third kappa shape index (κ3) is 3.49. The van der Waals surface area contributed by atoms with Crippen LogP contribution in [0.5, 0.6) is 0 Å². The first-order valence-corrected chi connectivity index (χ1v) is 7.36. The van der Waals surface area contributed by atoms with Crippen molar-refractivity contribution >= 4 is 60.9 Å². The van der Waals surface area contributed by atoms with Crippen molar-refractivity contribution in [2.75, 3.05) is 10.7 Å². The molecule has 0 spiro atoms. The van der Waals surface area contributed by atoms with E-state index in [1.807, 2.05) is 0 Å². The number of hydrazine groups is 1. The molecule has 1 amide bonds. The highest BCUT2D eigenvalue weighted by Crippen LogP contribution is 2.27. The Bertz CT molecular complexity index is 666. The van der Waals surface area contributed by atoms with Crippen molar-refractivity contribution in [1.29, 1.82) is 0 Å². The molecule has 1 aromatic carbocycles. The van der Waals surface area contributed by atoms with E-state index >= 15 is 0 Å². The number of pyridine rings is 1. The van der Waals surface area contributed by atoms with Crippen LogP contribution in [0.3, 0.4) is 0 Å². The highest BCUT2D eigenvalue weighted by molar-refractivity contribution is 9.10. The molecule has 4 N–H and O–H groups in total. The Hall–Kier alpha value is -1.15. The van der Waals surface area contributed by atoms with Crippen LogP contribution in [0.2, 0.25) is 5.02 Å². The van der Waals surface area contributed by atoms with Gasteiger partial charge in [-0.05, 0) is 40.2 Å². The number of aromatic nitrogens is 1. The lowest BCUT2D eigenvalue weighted by Gasteiger charge is -2.10. The molecule has 0 aliphatic rings. The van der Waals surface area contributed by atoms with Crippen molar-refractivity contribution in [3.63, 3.8) is 0 Å². The molecular weight excluding hydrogens is 411 g/mol. The number of nitrogens with one attached hydrogen (secondary N) is 2. The lowest BCUT2D eigenvalue weighted by molar-refractivity contribution is 0.102. The topological polar surface area (TPSA) is 80.0 Å². The van der Waals surface area contributed by atoms with Gasteiger partial charge in [0.25, 0.3) is 5.91 Å². The fourth-order valence-electron chi connectivity index (χ4n) is 1.51. The number of benzene rings is 1. The van der Waals surface area contributed by atoms with Gasteiger partial charge in [0.2, 0.25) is 0 Å². The maximum atomic E-state index is 12.2. The van der Waals surface area contributed by atoms with E-state index in [0.29, 0.717) is 20.7 Å². The van der Waals surface area contributed by atoms with Gasteiger partial charge in [0, 0.05) is 15.1 Å². The number of halogens is 3. The van der Waals surface area contributed by atoms with Crippen LogP contribution in [-0.4, -0.2) is 10.9 Å². The molecule has 8 heteroatoms. The minimum Gasteiger partial charge on any atom is -0.321 e. The Labute approximate surface area is 137 Å². The number of rotatable bonds is 3. The van der Waals surface area contributed by atoms with Crippen LogP contribution >= 0.6 is 43.5 Å². The summed E-state index contributed by atoms with van der Waals surface area (Å²) in [7, 11) is 0. The van der Waals surface area contributed by atoms with Crippen LogP contribution in [0.1, 0.15) is 10.4 Å². The van der Waals surface area contributed by atoms with Gasteiger partial charge in [-0.3, -0.25) is 4.79 Å². The number of nitrogens with zero attached hydrogens (tertiary/aromatic N) is 1. The molecule has 0 saturated heterocycles. The number of hydrogen-bond acceptors (Lipinski definition) is 4. The molecule has 0 fully saturated rings. The molecule has 0 aliphatic carbocycles. The zero-order valence-electron chi connectivity index (χ0n) is 9.95. The van der Waals surface area contributed by atoms with Gasteiger partial charge >= 0.3 is 0 Å². The Kier molecular flexibility index (Phi) is 4.98. The largest absolute Gasteiger partial charge is 0.321 e. The summed E-state index contributed by atoms with van der Waals surface area (Å²) in [6, 6.07) is 6.79. The molecule has 104 valence electrons. The summed E-state index contributed by atoms with van der Waals surface area (Å²) in [5, 5.41) is 3.14. The quantitative estimate of drug-likeness (QED) is 0.521. The first-order chi connectivity index (χ1) is 9.51. The second kappa shape index (κ2) is 6.53. The first kappa shape index (κ1) is 15.2.